The van der Waals surface area contributed by atoms with E-state index >= 15 is 0 Å². The molecule has 1 rings (SSSR count). The Morgan fingerprint density at radius 1 is 0.919 bits per heavy atom. The maximum absolute atomic E-state index is 11.8. The lowest BCUT2D eigenvalue weighted by atomic mass is 9.91. The summed E-state index contributed by atoms with van der Waals surface area (Å²) in [6.07, 6.45) is 10.3. The zero-order valence-corrected chi connectivity index (χ0v) is 24.2. The lowest BCUT2D eigenvalue weighted by Gasteiger charge is -2.24. The summed E-state index contributed by atoms with van der Waals surface area (Å²) in [4.78, 5) is 11.8. The van der Waals surface area contributed by atoms with Crippen molar-refractivity contribution in [2.45, 2.75) is 106 Å². The lowest BCUT2D eigenvalue weighted by molar-refractivity contribution is 0.0415. The van der Waals surface area contributed by atoms with Crippen molar-refractivity contribution < 1.29 is 19.7 Å². The van der Waals surface area contributed by atoms with Gasteiger partial charge in [-0.1, -0.05) is 60.9 Å². The van der Waals surface area contributed by atoms with Crippen molar-refractivity contribution >= 4 is 0 Å². The van der Waals surface area contributed by atoms with Crippen molar-refractivity contribution in [2.75, 3.05) is 0 Å². The molecule has 0 aliphatic carbocycles. The molecule has 3 N–H and O–H groups in total. The van der Waals surface area contributed by atoms with Gasteiger partial charge in [0.2, 0.25) is 0 Å². The van der Waals surface area contributed by atoms with Crippen LogP contribution in [0.1, 0.15) is 91.9 Å². The number of hydrogen-bond donors (Lipinski definition) is 3. The summed E-state index contributed by atoms with van der Waals surface area (Å²) in [5.74, 6) is -0.0618. The maximum Gasteiger partial charge on any atom is 0.338 e. The molecule has 0 aromatic carbocycles. The average molecular weight is 513 g/mol. The molecule has 0 radical (unpaired) electrons. The Balaban J connectivity index is 2.68. The molecule has 0 saturated heterocycles. The molecule has 0 aliphatic rings. The van der Waals surface area contributed by atoms with Crippen LogP contribution in [0.2, 0.25) is 0 Å². The Morgan fingerprint density at radius 3 is 2.16 bits per heavy atom. The molecule has 1 aromatic heterocycles. The first-order chi connectivity index (χ1) is 17.3. The van der Waals surface area contributed by atoms with Crippen LogP contribution < -0.4 is 5.63 Å². The van der Waals surface area contributed by atoms with Crippen molar-refractivity contribution in [3.05, 3.63) is 92.1 Å². The monoisotopic (exact) mass is 512 g/mol. The van der Waals surface area contributed by atoms with Gasteiger partial charge in [0.1, 0.15) is 5.76 Å². The van der Waals surface area contributed by atoms with Gasteiger partial charge in [0.05, 0.1) is 18.3 Å². The fourth-order valence-electron chi connectivity index (χ4n) is 4.19. The lowest BCUT2D eigenvalue weighted by Crippen LogP contribution is -2.29. The molecule has 0 aliphatic heterocycles. The van der Waals surface area contributed by atoms with Crippen LogP contribution in [0.25, 0.3) is 0 Å². The van der Waals surface area contributed by atoms with Gasteiger partial charge >= 0.3 is 5.63 Å². The van der Waals surface area contributed by atoms with E-state index in [1.165, 1.54) is 11.1 Å². The smallest absolute Gasteiger partial charge is 0.338 e. The molecule has 1 unspecified atom stereocenters. The highest BCUT2D eigenvalue weighted by Crippen LogP contribution is 2.24. The first-order valence-electron chi connectivity index (χ1n) is 13.2. The SMILES string of the molecule is C/C=C(\C)[C@@H](O)[C@H](C)[C@H](O)C/C=C(C)/C=C(\C)C/C(C)=C/C/C=C(\C)[C@@H](O)C(C)c1ccc(C)c(=O)o1. The van der Waals surface area contributed by atoms with E-state index in [1.807, 2.05) is 59.8 Å². The van der Waals surface area contributed by atoms with Crippen molar-refractivity contribution in [2.24, 2.45) is 5.92 Å². The molecule has 0 amide bonds. The summed E-state index contributed by atoms with van der Waals surface area (Å²) >= 11 is 0. The highest BCUT2D eigenvalue weighted by molar-refractivity contribution is 5.25. The summed E-state index contributed by atoms with van der Waals surface area (Å²) in [6.45, 7) is 17.3. The van der Waals surface area contributed by atoms with Crippen LogP contribution in [0.5, 0.6) is 0 Å². The Bertz CT molecular complexity index is 1080. The minimum Gasteiger partial charge on any atom is -0.427 e. The van der Waals surface area contributed by atoms with Gasteiger partial charge in [-0.3, -0.25) is 0 Å². The molecule has 5 nitrogen and oxygen atoms in total. The summed E-state index contributed by atoms with van der Waals surface area (Å²) in [5.41, 5.74) is 5.44. The van der Waals surface area contributed by atoms with E-state index in [4.69, 9.17) is 4.42 Å². The number of aliphatic hydroxyl groups excluding tert-OH is 3. The number of aliphatic hydroxyl groups is 3. The van der Waals surface area contributed by atoms with Crippen LogP contribution in [0, 0.1) is 12.8 Å². The first kappa shape index (κ1) is 32.6. The minimum atomic E-state index is -0.727. The Morgan fingerprint density at radius 2 is 1.57 bits per heavy atom. The molecule has 0 bridgehead atoms. The standard InChI is InChI=1S/C32H48O5/c1-10-23(5)30(34)26(8)28(33)16-14-21(3)19-22(4)18-20(2)12-11-13-24(6)31(35)27(9)29-17-15-25(7)32(36)37-29/h10,12-15,17,19,26-28,30-31,33-35H,11,16,18H2,1-9H3/b20-12+,21-14+,22-19+,23-10+,24-13+/t26-,27?,28-,30-,31-/m1/s1. The van der Waals surface area contributed by atoms with Gasteiger partial charge < -0.3 is 19.7 Å². The summed E-state index contributed by atoms with van der Waals surface area (Å²) < 4.78 is 5.33. The summed E-state index contributed by atoms with van der Waals surface area (Å²) in [5, 5.41) is 31.5. The second kappa shape index (κ2) is 15.7. The summed E-state index contributed by atoms with van der Waals surface area (Å²) in [6, 6.07) is 3.48. The van der Waals surface area contributed by atoms with Crippen molar-refractivity contribution in [1.29, 1.82) is 0 Å². The van der Waals surface area contributed by atoms with E-state index in [1.54, 1.807) is 19.1 Å². The van der Waals surface area contributed by atoms with Gasteiger partial charge in [-0.25, -0.2) is 4.79 Å². The largest absolute Gasteiger partial charge is 0.427 e. The molecule has 0 fully saturated rings. The minimum absolute atomic E-state index is 0.232. The highest BCUT2D eigenvalue weighted by atomic mass is 16.4. The zero-order valence-electron chi connectivity index (χ0n) is 24.2. The predicted octanol–water partition coefficient (Wildman–Crippen LogP) is 6.69. The molecule has 1 heterocycles. The number of aryl methyl sites for hydroxylation is 1. The molecule has 5 heteroatoms. The predicted molar refractivity (Wildman–Crippen MR) is 154 cm³/mol. The van der Waals surface area contributed by atoms with Gasteiger partial charge in [-0.05, 0) is 91.0 Å². The van der Waals surface area contributed by atoms with Gasteiger partial charge in [0, 0.05) is 17.4 Å². The molecule has 0 saturated carbocycles. The second-order valence-electron chi connectivity index (χ2n) is 10.5. The van der Waals surface area contributed by atoms with Crippen LogP contribution in [0.15, 0.2) is 79.6 Å². The third-order valence-corrected chi connectivity index (χ3v) is 7.07. The Hall–Kier alpha value is -2.47. The van der Waals surface area contributed by atoms with E-state index in [0.29, 0.717) is 24.2 Å². The van der Waals surface area contributed by atoms with Crippen molar-refractivity contribution in [3.8, 4) is 0 Å². The van der Waals surface area contributed by atoms with Crippen LogP contribution in [-0.4, -0.2) is 33.6 Å². The highest BCUT2D eigenvalue weighted by Gasteiger charge is 2.22. The van der Waals surface area contributed by atoms with Crippen LogP contribution in [-0.2, 0) is 0 Å². The molecule has 206 valence electrons. The van der Waals surface area contributed by atoms with Crippen LogP contribution in [0.4, 0.5) is 0 Å². The quantitative estimate of drug-likeness (QED) is 0.202. The number of rotatable bonds is 13. The Kier molecular flexibility index (Phi) is 13.8. The molecule has 5 atom stereocenters. The van der Waals surface area contributed by atoms with E-state index in [2.05, 4.69) is 26.0 Å². The van der Waals surface area contributed by atoms with Gasteiger partial charge in [0.15, 0.2) is 0 Å². The van der Waals surface area contributed by atoms with E-state index in [9.17, 15) is 20.1 Å². The molecule has 37 heavy (non-hydrogen) atoms. The molecular weight excluding hydrogens is 464 g/mol. The zero-order chi connectivity index (χ0) is 28.3. The average Bonchev–Trinajstić information content (AvgIpc) is 2.86. The molecule has 0 spiro atoms. The van der Waals surface area contributed by atoms with Gasteiger partial charge in [-0.2, -0.15) is 0 Å². The molecule has 1 aromatic rings. The third kappa shape index (κ3) is 10.8. The number of allylic oxidation sites excluding steroid dienone is 7. The fraction of sp³-hybridized carbons (Fsp3) is 0.531. The van der Waals surface area contributed by atoms with E-state index < -0.39 is 18.3 Å². The van der Waals surface area contributed by atoms with Gasteiger partial charge in [-0.15, -0.1) is 0 Å². The van der Waals surface area contributed by atoms with E-state index in [-0.39, 0.29) is 17.5 Å². The topological polar surface area (TPSA) is 90.9 Å². The molecular formula is C32H48O5. The van der Waals surface area contributed by atoms with Gasteiger partial charge in [0.25, 0.3) is 0 Å². The maximum atomic E-state index is 11.8. The normalized spacial score (nSPS) is 18.4. The van der Waals surface area contributed by atoms with E-state index in [0.717, 1.165) is 23.1 Å². The van der Waals surface area contributed by atoms with Crippen molar-refractivity contribution in [1.82, 2.24) is 0 Å². The fourth-order valence-corrected chi connectivity index (χ4v) is 4.19. The summed E-state index contributed by atoms with van der Waals surface area (Å²) in [7, 11) is 0. The van der Waals surface area contributed by atoms with Crippen LogP contribution >= 0.6 is 0 Å². The Labute approximate surface area is 223 Å². The first-order valence-corrected chi connectivity index (χ1v) is 13.2. The second-order valence-corrected chi connectivity index (χ2v) is 10.5. The third-order valence-electron chi connectivity index (χ3n) is 7.07. The number of hydrogen-bond acceptors (Lipinski definition) is 5. The van der Waals surface area contributed by atoms with Crippen LogP contribution in [0.3, 0.4) is 0 Å². The van der Waals surface area contributed by atoms with Crippen molar-refractivity contribution in [3.63, 3.8) is 0 Å².